The molecule has 0 saturated heterocycles. The summed E-state index contributed by atoms with van der Waals surface area (Å²) in [4.78, 5) is 2.10. The lowest BCUT2D eigenvalue weighted by Gasteiger charge is -2.15. The van der Waals surface area contributed by atoms with Gasteiger partial charge >= 0.3 is 0 Å². The summed E-state index contributed by atoms with van der Waals surface area (Å²) >= 11 is 0. The average molecular weight is 257 g/mol. The van der Waals surface area contributed by atoms with Crippen molar-refractivity contribution < 1.29 is 9.84 Å². The van der Waals surface area contributed by atoms with E-state index in [9.17, 15) is 0 Å². The molecular formula is C11H23N5O2. The van der Waals surface area contributed by atoms with Crippen molar-refractivity contribution in [2.24, 2.45) is 0 Å². The Morgan fingerprint density at radius 1 is 1.39 bits per heavy atom. The second kappa shape index (κ2) is 8.96. The Morgan fingerprint density at radius 3 is 2.94 bits per heavy atom. The van der Waals surface area contributed by atoms with Gasteiger partial charge in [-0.3, -0.25) is 4.90 Å². The third kappa shape index (κ3) is 5.52. The van der Waals surface area contributed by atoms with E-state index in [2.05, 4.69) is 27.3 Å². The zero-order valence-electron chi connectivity index (χ0n) is 11.2. The van der Waals surface area contributed by atoms with E-state index in [4.69, 9.17) is 9.84 Å². The Bertz CT molecular complexity index is 318. The highest BCUT2D eigenvalue weighted by molar-refractivity contribution is 4.80. The molecule has 0 fully saturated rings. The lowest BCUT2D eigenvalue weighted by molar-refractivity contribution is 0.0766. The van der Waals surface area contributed by atoms with Gasteiger partial charge in [0, 0.05) is 13.1 Å². The van der Waals surface area contributed by atoms with Gasteiger partial charge in [-0.1, -0.05) is 13.3 Å². The molecule has 0 atom stereocenters. The number of likely N-dealkylation sites (N-methyl/N-ethyl adjacent to an activating group) is 1. The van der Waals surface area contributed by atoms with Crippen molar-refractivity contribution in [2.45, 2.75) is 32.9 Å². The fourth-order valence-electron chi connectivity index (χ4n) is 1.53. The summed E-state index contributed by atoms with van der Waals surface area (Å²) in [6, 6.07) is 0. The highest BCUT2D eigenvalue weighted by atomic mass is 16.5. The molecule has 1 aromatic heterocycles. The van der Waals surface area contributed by atoms with Crippen LogP contribution in [0.15, 0.2) is 0 Å². The fourth-order valence-corrected chi connectivity index (χ4v) is 1.53. The molecule has 0 spiro atoms. The minimum absolute atomic E-state index is 0.0684. The van der Waals surface area contributed by atoms with Gasteiger partial charge in [0.25, 0.3) is 0 Å². The lowest BCUT2D eigenvalue weighted by atomic mass is 10.3. The first kappa shape index (κ1) is 15.0. The smallest absolute Gasteiger partial charge is 0.165 e. The molecule has 1 rings (SSSR count). The van der Waals surface area contributed by atoms with Crippen LogP contribution in [0.25, 0.3) is 0 Å². The van der Waals surface area contributed by atoms with E-state index in [0.717, 1.165) is 31.8 Å². The number of nitrogens with zero attached hydrogens (tertiary/aromatic N) is 5. The first-order chi connectivity index (χ1) is 8.77. The second-order valence-corrected chi connectivity index (χ2v) is 4.25. The van der Waals surface area contributed by atoms with E-state index in [-0.39, 0.29) is 6.61 Å². The van der Waals surface area contributed by atoms with E-state index >= 15 is 0 Å². The maximum atomic E-state index is 8.59. The molecule has 0 aliphatic rings. The summed E-state index contributed by atoms with van der Waals surface area (Å²) in [6.45, 7) is 5.58. The largest absolute Gasteiger partial charge is 0.394 e. The maximum Gasteiger partial charge on any atom is 0.165 e. The second-order valence-electron chi connectivity index (χ2n) is 4.25. The van der Waals surface area contributed by atoms with E-state index in [1.54, 1.807) is 0 Å². The maximum absolute atomic E-state index is 8.59. The molecule has 0 saturated carbocycles. The Balaban J connectivity index is 2.29. The number of hydrogen-bond donors (Lipinski definition) is 1. The molecule has 18 heavy (non-hydrogen) atoms. The van der Waals surface area contributed by atoms with Crippen molar-refractivity contribution >= 4 is 0 Å². The van der Waals surface area contributed by atoms with Crippen LogP contribution in [-0.2, 0) is 17.8 Å². The molecule has 0 unspecified atom stereocenters. The van der Waals surface area contributed by atoms with E-state index in [0.29, 0.717) is 19.8 Å². The van der Waals surface area contributed by atoms with Crippen molar-refractivity contribution in [1.82, 2.24) is 25.1 Å². The third-order valence-electron chi connectivity index (χ3n) is 2.59. The summed E-state index contributed by atoms with van der Waals surface area (Å²) in [7, 11) is 2.00. The van der Waals surface area contributed by atoms with Crippen LogP contribution in [0.5, 0.6) is 0 Å². The molecule has 7 heteroatoms. The Kier molecular flexibility index (Phi) is 7.47. The molecule has 1 heterocycles. The third-order valence-corrected chi connectivity index (χ3v) is 2.59. The monoisotopic (exact) mass is 257 g/mol. The van der Waals surface area contributed by atoms with Crippen LogP contribution >= 0.6 is 0 Å². The SMILES string of the molecule is CCCCn1nnnc1CN(C)CCOCCO. The van der Waals surface area contributed by atoms with Gasteiger partial charge in [-0.2, -0.15) is 0 Å². The predicted molar refractivity (Wildman–Crippen MR) is 67.0 cm³/mol. The highest BCUT2D eigenvalue weighted by Gasteiger charge is 2.08. The van der Waals surface area contributed by atoms with Crippen LogP contribution in [0.2, 0.25) is 0 Å². The van der Waals surface area contributed by atoms with Crippen molar-refractivity contribution in [3.63, 3.8) is 0 Å². The van der Waals surface area contributed by atoms with Crippen LogP contribution in [0.3, 0.4) is 0 Å². The number of hydrogen-bond acceptors (Lipinski definition) is 6. The highest BCUT2D eigenvalue weighted by Crippen LogP contribution is 2.00. The van der Waals surface area contributed by atoms with E-state index in [1.807, 2.05) is 11.7 Å². The zero-order valence-corrected chi connectivity index (χ0v) is 11.2. The Labute approximate surface area is 108 Å². The Hall–Kier alpha value is -1.05. The van der Waals surface area contributed by atoms with E-state index < -0.39 is 0 Å². The summed E-state index contributed by atoms with van der Waals surface area (Å²) < 4.78 is 7.07. The van der Waals surface area contributed by atoms with Crippen LogP contribution in [0, 0.1) is 0 Å². The minimum Gasteiger partial charge on any atom is -0.394 e. The molecule has 104 valence electrons. The molecule has 0 aromatic carbocycles. The molecular weight excluding hydrogens is 234 g/mol. The van der Waals surface area contributed by atoms with Crippen molar-refractivity contribution in [1.29, 1.82) is 0 Å². The van der Waals surface area contributed by atoms with Gasteiger partial charge in [0.15, 0.2) is 5.82 Å². The van der Waals surface area contributed by atoms with Crippen molar-refractivity contribution in [3.05, 3.63) is 5.82 Å². The van der Waals surface area contributed by atoms with Gasteiger partial charge in [0.1, 0.15) is 0 Å². The van der Waals surface area contributed by atoms with Crippen LogP contribution < -0.4 is 0 Å². The molecule has 0 radical (unpaired) electrons. The van der Waals surface area contributed by atoms with Gasteiger partial charge < -0.3 is 9.84 Å². The lowest BCUT2D eigenvalue weighted by Crippen LogP contribution is -2.25. The molecule has 7 nitrogen and oxygen atoms in total. The number of tetrazole rings is 1. The Morgan fingerprint density at radius 2 is 2.22 bits per heavy atom. The van der Waals surface area contributed by atoms with Crippen molar-refractivity contribution in [3.8, 4) is 0 Å². The summed E-state index contributed by atoms with van der Waals surface area (Å²) in [5.74, 6) is 0.883. The first-order valence-electron chi connectivity index (χ1n) is 6.40. The van der Waals surface area contributed by atoms with Crippen molar-refractivity contribution in [2.75, 3.05) is 33.4 Å². The summed E-state index contributed by atoms with van der Waals surface area (Å²) in [5.41, 5.74) is 0. The number of aryl methyl sites for hydroxylation is 1. The molecule has 0 aliphatic carbocycles. The molecule has 0 aliphatic heterocycles. The standard InChI is InChI=1S/C11H23N5O2/c1-3-4-5-16-11(12-13-14-16)10-15(2)6-8-18-9-7-17/h17H,3-10H2,1-2H3. The van der Waals surface area contributed by atoms with Gasteiger partial charge in [-0.25, -0.2) is 4.68 Å². The number of unbranched alkanes of at least 4 members (excludes halogenated alkanes) is 1. The first-order valence-corrected chi connectivity index (χ1v) is 6.40. The zero-order chi connectivity index (χ0) is 13.2. The minimum atomic E-state index is 0.0684. The average Bonchev–Trinajstić information content (AvgIpc) is 2.79. The van der Waals surface area contributed by atoms with E-state index in [1.165, 1.54) is 0 Å². The molecule has 1 N–H and O–H groups in total. The number of aliphatic hydroxyl groups is 1. The number of ether oxygens (including phenoxy) is 1. The molecule has 0 bridgehead atoms. The van der Waals surface area contributed by atoms with Crippen LogP contribution in [0.4, 0.5) is 0 Å². The predicted octanol–water partition coefficient (Wildman–Crippen LogP) is -0.0861. The molecule has 1 aromatic rings. The topological polar surface area (TPSA) is 76.3 Å². The van der Waals surface area contributed by atoms with Gasteiger partial charge in [-0.05, 0) is 23.9 Å². The number of aliphatic hydroxyl groups excluding tert-OH is 1. The summed E-state index contributed by atoms with van der Waals surface area (Å²) in [5, 5.41) is 20.3. The van der Waals surface area contributed by atoms with Crippen LogP contribution in [0.1, 0.15) is 25.6 Å². The van der Waals surface area contributed by atoms with Gasteiger partial charge in [-0.15, -0.1) is 5.10 Å². The van der Waals surface area contributed by atoms with Gasteiger partial charge in [0.05, 0.1) is 26.4 Å². The molecule has 0 amide bonds. The van der Waals surface area contributed by atoms with Crippen LogP contribution in [-0.4, -0.2) is 63.6 Å². The number of aromatic nitrogens is 4. The normalized spacial score (nSPS) is 11.3. The number of rotatable bonds is 10. The summed E-state index contributed by atoms with van der Waals surface area (Å²) in [6.07, 6.45) is 2.21. The quantitative estimate of drug-likeness (QED) is 0.591. The van der Waals surface area contributed by atoms with Gasteiger partial charge in [0.2, 0.25) is 0 Å². The fraction of sp³-hybridized carbons (Fsp3) is 0.909.